The molecule has 2 heterocycles. The Balaban J connectivity index is 1.61. The van der Waals surface area contributed by atoms with Crippen molar-refractivity contribution in [3.05, 3.63) is 29.3 Å². The minimum absolute atomic E-state index is 0.294. The molecule has 0 saturated carbocycles. The topological polar surface area (TPSA) is 71.7 Å². The first kappa shape index (κ1) is 17.5. The van der Waals surface area contributed by atoms with Crippen LogP contribution >= 0.6 is 11.6 Å². The Bertz CT molecular complexity index is 748. The molecule has 1 amide bonds. The van der Waals surface area contributed by atoms with Crippen LogP contribution in [0.25, 0.3) is 11.4 Å². The van der Waals surface area contributed by atoms with Crippen molar-refractivity contribution in [1.82, 2.24) is 15.0 Å². The summed E-state index contributed by atoms with van der Waals surface area (Å²) in [4.78, 5) is 20.2. The first-order valence-electron chi connectivity index (χ1n) is 8.14. The van der Waals surface area contributed by atoms with Crippen molar-refractivity contribution in [2.75, 3.05) is 31.1 Å². The smallest absolute Gasteiger partial charge is 0.410 e. The Morgan fingerprint density at radius 1 is 1.24 bits per heavy atom. The van der Waals surface area contributed by atoms with Gasteiger partial charge in [0.15, 0.2) is 0 Å². The van der Waals surface area contributed by atoms with Crippen LogP contribution in [0.2, 0.25) is 5.02 Å². The Labute approximate surface area is 151 Å². The highest BCUT2D eigenvalue weighted by atomic mass is 35.5. The van der Waals surface area contributed by atoms with Crippen molar-refractivity contribution < 1.29 is 14.1 Å². The zero-order valence-corrected chi connectivity index (χ0v) is 15.3. The van der Waals surface area contributed by atoms with Gasteiger partial charge >= 0.3 is 12.1 Å². The molecule has 0 atom stereocenters. The molecule has 0 N–H and O–H groups in total. The van der Waals surface area contributed by atoms with E-state index in [1.54, 1.807) is 17.0 Å². The number of hydrogen-bond donors (Lipinski definition) is 0. The molecule has 1 aromatic heterocycles. The lowest BCUT2D eigenvalue weighted by Gasteiger charge is -2.34. The number of nitrogens with zero attached hydrogens (tertiary/aromatic N) is 4. The van der Waals surface area contributed by atoms with Crippen LogP contribution in [0.3, 0.4) is 0 Å². The second-order valence-electron chi connectivity index (χ2n) is 6.87. The van der Waals surface area contributed by atoms with Crippen molar-refractivity contribution in [1.29, 1.82) is 0 Å². The fourth-order valence-electron chi connectivity index (χ4n) is 2.50. The van der Waals surface area contributed by atoms with Gasteiger partial charge in [-0.15, -0.1) is 0 Å². The molecular formula is C17H21ClN4O3. The second-order valence-corrected chi connectivity index (χ2v) is 7.30. The monoisotopic (exact) mass is 364 g/mol. The van der Waals surface area contributed by atoms with Crippen molar-refractivity contribution in [3.63, 3.8) is 0 Å². The molecule has 1 aliphatic rings. The number of ether oxygens (including phenoxy) is 1. The summed E-state index contributed by atoms with van der Waals surface area (Å²) in [5.74, 6) is 0.493. The van der Waals surface area contributed by atoms with E-state index in [0.717, 1.165) is 5.56 Å². The zero-order valence-electron chi connectivity index (χ0n) is 14.5. The lowest BCUT2D eigenvalue weighted by Crippen LogP contribution is -2.50. The molecule has 1 saturated heterocycles. The van der Waals surface area contributed by atoms with Gasteiger partial charge in [-0.2, -0.15) is 4.98 Å². The summed E-state index contributed by atoms with van der Waals surface area (Å²) in [7, 11) is 0. The van der Waals surface area contributed by atoms with Gasteiger partial charge in [0, 0.05) is 36.8 Å². The van der Waals surface area contributed by atoms with Crippen LogP contribution in [0.1, 0.15) is 20.8 Å². The molecular weight excluding hydrogens is 344 g/mol. The van der Waals surface area contributed by atoms with Crippen LogP contribution in [0.5, 0.6) is 0 Å². The quantitative estimate of drug-likeness (QED) is 0.812. The molecule has 1 aliphatic heterocycles. The Kier molecular flexibility index (Phi) is 4.85. The number of benzene rings is 1. The Morgan fingerprint density at radius 3 is 2.60 bits per heavy atom. The Hall–Kier alpha value is -2.28. The molecule has 1 fully saturated rings. The third-order valence-electron chi connectivity index (χ3n) is 3.70. The fourth-order valence-corrected chi connectivity index (χ4v) is 2.69. The standard InChI is InChI=1S/C17H21ClN4O3/c1-17(2,3)24-16(23)22-9-7-21(8-10-22)15-19-14(20-25-15)12-5-4-6-13(18)11-12/h4-6,11H,7-10H2,1-3H3. The normalized spacial score (nSPS) is 15.4. The van der Waals surface area contributed by atoms with E-state index in [1.165, 1.54) is 0 Å². The highest BCUT2D eigenvalue weighted by molar-refractivity contribution is 6.30. The largest absolute Gasteiger partial charge is 0.444 e. The average molecular weight is 365 g/mol. The average Bonchev–Trinajstić information content (AvgIpc) is 3.03. The summed E-state index contributed by atoms with van der Waals surface area (Å²) in [6, 6.07) is 7.74. The fraction of sp³-hybridized carbons (Fsp3) is 0.471. The number of carbonyl (C=O) groups is 1. The van der Waals surface area contributed by atoms with Crippen LogP contribution in [0.4, 0.5) is 10.8 Å². The summed E-state index contributed by atoms with van der Waals surface area (Å²) in [5.41, 5.74) is 0.307. The molecule has 3 rings (SSSR count). The van der Waals surface area contributed by atoms with Gasteiger partial charge in [-0.25, -0.2) is 4.79 Å². The minimum atomic E-state index is -0.493. The number of carbonyl (C=O) groups excluding carboxylic acids is 1. The van der Waals surface area contributed by atoms with Gasteiger partial charge in [-0.05, 0) is 32.9 Å². The molecule has 2 aromatic rings. The maximum Gasteiger partial charge on any atom is 0.410 e. The second kappa shape index (κ2) is 6.92. The number of amides is 1. The van der Waals surface area contributed by atoms with E-state index in [9.17, 15) is 4.79 Å². The maximum absolute atomic E-state index is 12.1. The van der Waals surface area contributed by atoms with Crippen molar-refractivity contribution >= 4 is 23.7 Å². The predicted octanol–water partition coefficient (Wildman–Crippen LogP) is 3.45. The van der Waals surface area contributed by atoms with Crippen LogP contribution in [-0.2, 0) is 4.74 Å². The molecule has 0 unspecified atom stereocenters. The summed E-state index contributed by atoms with van der Waals surface area (Å²) in [5, 5.41) is 4.63. The van der Waals surface area contributed by atoms with Crippen LogP contribution in [-0.4, -0.2) is 52.9 Å². The number of piperazine rings is 1. The summed E-state index contributed by atoms with van der Waals surface area (Å²) < 4.78 is 10.8. The lowest BCUT2D eigenvalue weighted by atomic mass is 10.2. The molecule has 8 heteroatoms. The molecule has 7 nitrogen and oxygen atoms in total. The first-order valence-corrected chi connectivity index (χ1v) is 8.52. The van der Waals surface area contributed by atoms with Gasteiger partial charge < -0.3 is 19.1 Å². The molecule has 25 heavy (non-hydrogen) atoms. The zero-order chi connectivity index (χ0) is 18.0. The molecule has 1 aromatic carbocycles. The van der Waals surface area contributed by atoms with E-state index in [1.807, 2.05) is 37.8 Å². The van der Waals surface area contributed by atoms with Crippen molar-refractivity contribution in [2.45, 2.75) is 26.4 Å². The summed E-state index contributed by atoms with van der Waals surface area (Å²) >= 11 is 6.00. The van der Waals surface area contributed by atoms with Crippen molar-refractivity contribution in [3.8, 4) is 11.4 Å². The number of halogens is 1. The molecule has 134 valence electrons. The minimum Gasteiger partial charge on any atom is -0.444 e. The van der Waals surface area contributed by atoms with Crippen LogP contribution in [0, 0.1) is 0 Å². The summed E-state index contributed by atoms with van der Waals surface area (Å²) in [6.45, 7) is 7.88. The van der Waals surface area contributed by atoms with E-state index in [0.29, 0.717) is 43.0 Å². The predicted molar refractivity (Wildman–Crippen MR) is 94.8 cm³/mol. The number of rotatable bonds is 2. The molecule has 0 bridgehead atoms. The highest BCUT2D eigenvalue weighted by Crippen LogP contribution is 2.23. The lowest BCUT2D eigenvalue weighted by molar-refractivity contribution is 0.0238. The number of hydrogen-bond acceptors (Lipinski definition) is 6. The molecule has 0 spiro atoms. The summed E-state index contributed by atoms with van der Waals surface area (Å²) in [6.07, 6.45) is -0.294. The third kappa shape index (κ3) is 4.42. The van der Waals surface area contributed by atoms with E-state index < -0.39 is 5.60 Å². The van der Waals surface area contributed by atoms with E-state index in [-0.39, 0.29) is 6.09 Å². The first-order chi connectivity index (χ1) is 11.8. The van der Waals surface area contributed by atoms with Crippen LogP contribution < -0.4 is 4.90 Å². The highest BCUT2D eigenvalue weighted by Gasteiger charge is 2.27. The van der Waals surface area contributed by atoms with E-state index in [4.69, 9.17) is 20.9 Å². The van der Waals surface area contributed by atoms with Gasteiger partial charge in [0.1, 0.15) is 5.60 Å². The van der Waals surface area contributed by atoms with Gasteiger partial charge in [-0.3, -0.25) is 0 Å². The SMILES string of the molecule is CC(C)(C)OC(=O)N1CCN(c2nc(-c3cccc(Cl)c3)no2)CC1. The van der Waals surface area contributed by atoms with Gasteiger partial charge in [0.05, 0.1) is 0 Å². The number of anilines is 1. The Morgan fingerprint density at radius 2 is 1.96 bits per heavy atom. The molecule has 0 radical (unpaired) electrons. The van der Waals surface area contributed by atoms with Gasteiger partial charge in [0.2, 0.25) is 5.82 Å². The number of aromatic nitrogens is 2. The van der Waals surface area contributed by atoms with E-state index >= 15 is 0 Å². The van der Waals surface area contributed by atoms with Crippen molar-refractivity contribution in [2.24, 2.45) is 0 Å². The van der Waals surface area contributed by atoms with Crippen LogP contribution in [0.15, 0.2) is 28.8 Å². The third-order valence-corrected chi connectivity index (χ3v) is 3.94. The molecule has 0 aliphatic carbocycles. The maximum atomic E-state index is 12.1. The van der Waals surface area contributed by atoms with Gasteiger partial charge in [-0.1, -0.05) is 28.9 Å². The van der Waals surface area contributed by atoms with E-state index in [2.05, 4.69) is 10.1 Å². The van der Waals surface area contributed by atoms with Gasteiger partial charge in [0.25, 0.3) is 0 Å².